The first-order valence-electron chi connectivity index (χ1n) is 5.69. The molecule has 9 heteroatoms. The van der Waals surface area contributed by atoms with Crippen molar-refractivity contribution in [1.82, 2.24) is 0 Å². The molecular weight excluding hydrogens is 293 g/mol. The minimum Gasteiger partial charge on any atom is -0.478 e. The van der Waals surface area contributed by atoms with Crippen molar-refractivity contribution >= 4 is 17.6 Å². The number of carbonyl (C=O) groups excluding carboxylic acids is 1. The van der Waals surface area contributed by atoms with Gasteiger partial charge < -0.3 is 20.9 Å². The molecule has 116 valence electrons. The van der Waals surface area contributed by atoms with Crippen LogP contribution in [0.1, 0.15) is 15.9 Å². The lowest BCUT2D eigenvalue weighted by atomic mass is 10.1. The average molecular weight is 306 g/mol. The molecule has 1 atom stereocenters. The van der Waals surface area contributed by atoms with E-state index in [-0.39, 0.29) is 6.54 Å². The molecule has 1 rings (SSSR count). The average Bonchev–Trinajstić information content (AvgIpc) is 2.38. The van der Waals surface area contributed by atoms with Crippen LogP contribution in [-0.2, 0) is 15.7 Å². The molecule has 0 radical (unpaired) electrons. The lowest BCUT2D eigenvalue weighted by molar-refractivity contribution is -0.137. The van der Waals surface area contributed by atoms with Crippen LogP contribution in [0.5, 0.6) is 0 Å². The molecule has 0 aliphatic rings. The number of carboxylic acid groups (broad SMARTS) is 1. The Labute approximate surface area is 117 Å². The van der Waals surface area contributed by atoms with Gasteiger partial charge in [-0.15, -0.1) is 0 Å². The molecule has 1 aromatic rings. The first kappa shape index (κ1) is 16.9. The number of anilines is 1. The van der Waals surface area contributed by atoms with Crippen LogP contribution in [0.25, 0.3) is 0 Å². The van der Waals surface area contributed by atoms with E-state index in [9.17, 15) is 22.8 Å². The third-order valence-corrected chi connectivity index (χ3v) is 2.63. The Bertz CT molecular complexity index is 542. The summed E-state index contributed by atoms with van der Waals surface area (Å²) in [6.07, 6.45) is -5.76. The van der Waals surface area contributed by atoms with Gasteiger partial charge in [0, 0.05) is 13.7 Å². The Balaban J connectivity index is 3.18. The third-order valence-electron chi connectivity index (χ3n) is 2.63. The minimum absolute atomic E-state index is 0.205. The molecule has 0 bridgehead atoms. The Kier molecular flexibility index (Phi) is 5.28. The predicted octanol–water partition coefficient (Wildman–Crippen LogP) is 1.32. The van der Waals surface area contributed by atoms with E-state index in [1.165, 1.54) is 7.11 Å². The molecule has 0 aliphatic carbocycles. The Morgan fingerprint density at radius 2 is 2.05 bits per heavy atom. The van der Waals surface area contributed by atoms with Gasteiger partial charge in [0.15, 0.2) is 0 Å². The zero-order valence-electron chi connectivity index (χ0n) is 10.9. The van der Waals surface area contributed by atoms with Crippen molar-refractivity contribution in [1.29, 1.82) is 0 Å². The third kappa shape index (κ3) is 4.17. The van der Waals surface area contributed by atoms with Gasteiger partial charge in [-0.25, -0.2) is 4.79 Å². The zero-order valence-corrected chi connectivity index (χ0v) is 10.9. The van der Waals surface area contributed by atoms with E-state index < -0.39 is 41.0 Å². The summed E-state index contributed by atoms with van der Waals surface area (Å²) in [4.78, 5) is 22.7. The number of rotatable bonds is 5. The number of aromatic carboxylic acids is 1. The van der Waals surface area contributed by atoms with Gasteiger partial charge in [-0.2, -0.15) is 13.2 Å². The van der Waals surface area contributed by atoms with Gasteiger partial charge in [-0.05, 0) is 18.2 Å². The number of nitrogens with two attached hydrogens (primary N) is 1. The van der Waals surface area contributed by atoms with Gasteiger partial charge in [-0.3, -0.25) is 4.79 Å². The second-order valence-electron chi connectivity index (χ2n) is 4.01. The summed E-state index contributed by atoms with van der Waals surface area (Å²) >= 11 is 0. The topological polar surface area (TPSA) is 102 Å². The van der Waals surface area contributed by atoms with Gasteiger partial charge >= 0.3 is 12.1 Å². The normalized spacial score (nSPS) is 12.8. The number of carboxylic acids is 1. The van der Waals surface area contributed by atoms with Crippen molar-refractivity contribution in [3.63, 3.8) is 0 Å². The number of carbonyl (C=O) groups is 2. The van der Waals surface area contributed by atoms with E-state index in [0.717, 1.165) is 6.07 Å². The van der Waals surface area contributed by atoms with Crippen molar-refractivity contribution in [2.45, 2.75) is 12.3 Å². The summed E-state index contributed by atoms with van der Waals surface area (Å²) in [5, 5.41) is 11.0. The summed E-state index contributed by atoms with van der Waals surface area (Å²) in [7, 11) is 1.20. The molecule has 0 spiro atoms. The van der Waals surface area contributed by atoms with Gasteiger partial charge in [0.2, 0.25) is 0 Å². The number of amides is 1. The van der Waals surface area contributed by atoms with Crippen LogP contribution in [0.2, 0.25) is 0 Å². The van der Waals surface area contributed by atoms with Crippen LogP contribution in [0.3, 0.4) is 0 Å². The van der Waals surface area contributed by atoms with E-state index in [0.29, 0.717) is 12.1 Å². The van der Waals surface area contributed by atoms with Crippen molar-refractivity contribution < 1.29 is 32.6 Å². The zero-order chi connectivity index (χ0) is 16.2. The number of methoxy groups -OCH3 is 1. The number of hydrogen-bond donors (Lipinski definition) is 3. The van der Waals surface area contributed by atoms with E-state index in [1.54, 1.807) is 0 Å². The number of alkyl halides is 3. The molecule has 0 saturated heterocycles. The summed E-state index contributed by atoms with van der Waals surface area (Å²) in [5.74, 6) is -2.30. The van der Waals surface area contributed by atoms with Crippen molar-refractivity contribution in [3.8, 4) is 0 Å². The highest BCUT2D eigenvalue weighted by atomic mass is 19.4. The van der Waals surface area contributed by atoms with Crippen LogP contribution in [0.15, 0.2) is 18.2 Å². The highest BCUT2D eigenvalue weighted by Gasteiger charge is 2.32. The molecule has 0 aromatic heterocycles. The van der Waals surface area contributed by atoms with Crippen LogP contribution in [0.4, 0.5) is 18.9 Å². The summed E-state index contributed by atoms with van der Waals surface area (Å²) in [5.41, 5.74) is 3.23. The maximum absolute atomic E-state index is 12.6. The second-order valence-corrected chi connectivity index (χ2v) is 4.01. The molecule has 0 aliphatic heterocycles. The minimum atomic E-state index is -4.66. The van der Waals surface area contributed by atoms with Crippen LogP contribution in [-0.4, -0.2) is 36.7 Å². The molecule has 4 N–H and O–H groups in total. The van der Waals surface area contributed by atoms with E-state index >= 15 is 0 Å². The number of ether oxygens (including phenoxy) is 1. The largest absolute Gasteiger partial charge is 0.478 e. The van der Waals surface area contributed by atoms with Crippen LogP contribution < -0.4 is 11.1 Å². The molecule has 1 unspecified atom stereocenters. The molecule has 21 heavy (non-hydrogen) atoms. The number of nitrogens with one attached hydrogen (secondary N) is 1. The van der Waals surface area contributed by atoms with Crippen molar-refractivity contribution in [2.75, 3.05) is 19.0 Å². The SMILES string of the molecule is COC(CN)C(=O)Nc1cc(C(F)(F)F)ccc1C(=O)O. The fourth-order valence-corrected chi connectivity index (χ4v) is 1.53. The fraction of sp³-hybridized carbons (Fsp3) is 0.333. The Morgan fingerprint density at radius 3 is 2.48 bits per heavy atom. The number of benzene rings is 1. The maximum atomic E-state index is 12.6. The molecule has 6 nitrogen and oxygen atoms in total. The fourth-order valence-electron chi connectivity index (χ4n) is 1.53. The molecular formula is C12H13F3N2O4. The molecule has 0 fully saturated rings. The van der Waals surface area contributed by atoms with Crippen LogP contribution >= 0.6 is 0 Å². The highest BCUT2D eigenvalue weighted by molar-refractivity contribution is 6.02. The van der Waals surface area contributed by atoms with Crippen molar-refractivity contribution in [2.24, 2.45) is 5.73 Å². The molecule has 1 amide bonds. The van der Waals surface area contributed by atoms with E-state index in [1.807, 2.05) is 0 Å². The monoisotopic (exact) mass is 306 g/mol. The number of hydrogen-bond acceptors (Lipinski definition) is 4. The summed E-state index contributed by atoms with van der Waals surface area (Å²) < 4.78 is 42.6. The first-order valence-corrected chi connectivity index (χ1v) is 5.69. The quantitative estimate of drug-likeness (QED) is 0.761. The molecule has 0 saturated carbocycles. The van der Waals surface area contributed by atoms with Crippen molar-refractivity contribution in [3.05, 3.63) is 29.3 Å². The van der Waals surface area contributed by atoms with E-state index in [2.05, 4.69) is 5.32 Å². The number of halogens is 3. The van der Waals surface area contributed by atoms with E-state index in [4.69, 9.17) is 15.6 Å². The van der Waals surface area contributed by atoms with Gasteiger partial charge in [0.05, 0.1) is 16.8 Å². The van der Waals surface area contributed by atoms with Gasteiger partial charge in [-0.1, -0.05) is 0 Å². The summed E-state index contributed by atoms with van der Waals surface area (Å²) in [6.45, 7) is -0.205. The Morgan fingerprint density at radius 1 is 1.43 bits per heavy atom. The lowest BCUT2D eigenvalue weighted by Crippen LogP contribution is -2.36. The lowest BCUT2D eigenvalue weighted by Gasteiger charge is -2.16. The maximum Gasteiger partial charge on any atom is 0.416 e. The Hall–Kier alpha value is -2.13. The molecule has 0 heterocycles. The molecule has 1 aromatic carbocycles. The van der Waals surface area contributed by atoms with Gasteiger partial charge in [0.1, 0.15) is 6.10 Å². The highest BCUT2D eigenvalue weighted by Crippen LogP contribution is 2.32. The standard InChI is InChI=1S/C12H13F3N2O4/c1-21-9(5-16)10(18)17-8-4-6(12(13,14)15)2-3-7(8)11(19)20/h2-4,9H,5,16H2,1H3,(H,17,18)(H,19,20). The first-order chi connectivity index (χ1) is 9.70. The summed E-state index contributed by atoms with van der Waals surface area (Å²) in [6, 6.07) is 1.94. The smallest absolute Gasteiger partial charge is 0.416 e. The second kappa shape index (κ2) is 6.55. The van der Waals surface area contributed by atoms with Gasteiger partial charge in [0.25, 0.3) is 5.91 Å². The van der Waals surface area contributed by atoms with Crippen LogP contribution in [0, 0.1) is 0 Å². The predicted molar refractivity (Wildman–Crippen MR) is 66.9 cm³/mol.